The van der Waals surface area contributed by atoms with Crippen LogP contribution in [-0.2, 0) is 14.8 Å². The van der Waals surface area contributed by atoms with Crippen LogP contribution >= 0.6 is 0 Å². The lowest BCUT2D eigenvalue weighted by molar-refractivity contribution is -0.134. The fourth-order valence-corrected chi connectivity index (χ4v) is 6.49. The lowest BCUT2D eigenvalue weighted by atomic mass is 10.0. The van der Waals surface area contributed by atoms with Gasteiger partial charge in [-0.05, 0) is 66.5 Å². The van der Waals surface area contributed by atoms with Crippen molar-refractivity contribution in [3.05, 3.63) is 83.4 Å². The van der Waals surface area contributed by atoms with Gasteiger partial charge in [0.1, 0.15) is 6.04 Å². The third-order valence-corrected chi connectivity index (χ3v) is 9.43. The van der Waals surface area contributed by atoms with E-state index in [1.54, 1.807) is 11.0 Å². The molecule has 0 spiro atoms. The maximum absolute atomic E-state index is 13.6. The predicted molar refractivity (Wildman–Crippen MR) is 154 cm³/mol. The second-order valence-electron chi connectivity index (χ2n) is 11.0. The Morgan fingerprint density at radius 2 is 1.64 bits per heavy atom. The van der Waals surface area contributed by atoms with E-state index in [4.69, 9.17) is 0 Å². The minimum Gasteiger partial charge on any atom is -0.340 e. The molecule has 1 N–H and O–H groups in total. The molecule has 1 aliphatic heterocycles. The van der Waals surface area contributed by atoms with Crippen LogP contribution in [0, 0.1) is 12.8 Å². The molecule has 5 rings (SSSR count). The number of rotatable bonds is 9. The van der Waals surface area contributed by atoms with E-state index >= 15 is 0 Å². The Kier molecular flexibility index (Phi) is 8.05. The SMILES string of the molecule is Cc1ccc([C@@H]2C[C@H]2CCC[C@H](NC(=O)c2ccc3ccccc3c2)C(=O)N2CCN(S(C)(=O)=O)CC2)cc1. The summed E-state index contributed by atoms with van der Waals surface area (Å²) in [6.45, 7) is 3.30. The molecule has 206 valence electrons. The highest BCUT2D eigenvalue weighted by molar-refractivity contribution is 7.88. The first-order chi connectivity index (χ1) is 18.7. The Bertz CT molecular complexity index is 1450. The molecule has 0 aromatic heterocycles. The summed E-state index contributed by atoms with van der Waals surface area (Å²) in [6.07, 6.45) is 4.76. The van der Waals surface area contributed by atoms with E-state index in [9.17, 15) is 18.0 Å². The van der Waals surface area contributed by atoms with E-state index in [2.05, 4.69) is 36.5 Å². The maximum Gasteiger partial charge on any atom is 0.251 e. The molecule has 1 aliphatic carbocycles. The number of benzene rings is 3. The van der Waals surface area contributed by atoms with Crippen LogP contribution in [0.3, 0.4) is 0 Å². The number of aryl methyl sites for hydroxylation is 1. The largest absolute Gasteiger partial charge is 0.340 e. The standard InChI is InChI=1S/C31H37N3O4S/c1-22-10-12-24(13-11-22)28-21-26(28)8-5-9-29(31(36)33-16-18-34(19-17-33)39(2,37)38)32-30(35)27-15-14-23-6-3-4-7-25(23)20-27/h3-4,6-7,10-15,20,26,28-29H,5,8-9,16-19,21H2,1-2H3,(H,32,35)/t26-,28+,29+/m1/s1. The van der Waals surface area contributed by atoms with Crippen molar-refractivity contribution in [2.45, 2.75) is 44.6 Å². The number of nitrogens with zero attached hydrogens (tertiary/aromatic N) is 2. The zero-order valence-electron chi connectivity index (χ0n) is 22.7. The summed E-state index contributed by atoms with van der Waals surface area (Å²) < 4.78 is 25.2. The predicted octanol–water partition coefficient (Wildman–Crippen LogP) is 4.32. The van der Waals surface area contributed by atoms with Gasteiger partial charge >= 0.3 is 0 Å². The van der Waals surface area contributed by atoms with E-state index < -0.39 is 16.1 Å². The minimum absolute atomic E-state index is 0.136. The Morgan fingerprint density at radius 3 is 2.33 bits per heavy atom. The van der Waals surface area contributed by atoms with E-state index in [0.29, 0.717) is 36.9 Å². The summed E-state index contributed by atoms with van der Waals surface area (Å²) in [5.74, 6) is 0.787. The molecule has 3 atom stereocenters. The number of hydrogen-bond donors (Lipinski definition) is 1. The van der Waals surface area contributed by atoms with Gasteiger partial charge in [-0.15, -0.1) is 0 Å². The normalized spacial score (nSPS) is 20.5. The number of sulfonamides is 1. The molecular weight excluding hydrogens is 510 g/mol. The van der Waals surface area contributed by atoms with Crippen LogP contribution in [0.1, 0.15) is 53.1 Å². The Labute approximate surface area is 231 Å². The zero-order chi connectivity index (χ0) is 27.6. The van der Waals surface area contributed by atoms with Gasteiger partial charge in [-0.25, -0.2) is 8.42 Å². The third kappa shape index (κ3) is 6.68. The van der Waals surface area contributed by atoms with Crippen molar-refractivity contribution in [1.82, 2.24) is 14.5 Å². The molecule has 2 aliphatic rings. The van der Waals surface area contributed by atoms with Gasteiger partial charge in [0.15, 0.2) is 0 Å². The summed E-state index contributed by atoms with van der Waals surface area (Å²) in [6, 6.07) is 21.5. The van der Waals surface area contributed by atoms with E-state index in [1.165, 1.54) is 28.1 Å². The Morgan fingerprint density at radius 1 is 0.949 bits per heavy atom. The topological polar surface area (TPSA) is 86.8 Å². The van der Waals surface area contributed by atoms with E-state index in [0.717, 1.165) is 23.6 Å². The van der Waals surface area contributed by atoms with Crippen LogP contribution in [-0.4, -0.2) is 67.9 Å². The molecule has 3 aromatic carbocycles. The number of piperazine rings is 1. The van der Waals surface area contributed by atoms with Gasteiger partial charge in [0.05, 0.1) is 6.26 Å². The lowest BCUT2D eigenvalue weighted by Crippen LogP contribution is -2.55. The molecule has 2 fully saturated rings. The minimum atomic E-state index is -3.29. The highest BCUT2D eigenvalue weighted by atomic mass is 32.2. The molecule has 0 bridgehead atoms. The van der Waals surface area contributed by atoms with Gasteiger partial charge in [0.2, 0.25) is 15.9 Å². The highest BCUT2D eigenvalue weighted by Gasteiger charge is 2.38. The maximum atomic E-state index is 13.6. The second-order valence-corrected chi connectivity index (χ2v) is 13.0. The Hall–Kier alpha value is -3.23. The number of fused-ring (bicyclic) bond motifs is 1. The second kappa shape index (κ2) is 11.5. The van der Waals surface area contributed by atoms with Gasteiger partial charge < -0.3 is 10.2 Å². The lowest BCUT2D eigenvalue weighted by Gasteiger charge is -2.35. The van der Waals surface area contributed by atoms with Gasteiger partial charge in [-0.3, -0.25) is 9.59 Å². The quantitative estimate of drug-likeness (QED) is 0.432. The number of amides is 2. The van der Waals surface area contributed by atoms with E-state index in [-0.39, 0.29) is 24.9 Å². The smallest absolute Gasteiger partial charge is 0.251 e. The monoisotopic (exact) mass is 547 g/mol. The van der Waals surface area contributed by atoms with Crippen molar-refractivity contribution < 1.29 is 18.0 Å². The molecule has 39 heavy (non-hydrogen) atoms. The molecule has 2 amide bonds. The summed E-state index contributed by atoms with van der Waals surface area (Å²) >= 11 is 0. The molecule has 1 saturated heterocycles. The van der Waals surface area contributed by atoms with Crippen molar-refractivity contribution in [2.75, 3.05) is 32.4 Å². The molecule has 0 unspecified atom stereocenters. The first-order valence-corrected chi connectivity index (χ1v) is 15.6. The number of hydrogen-bond acceptors (Lipinski definition) is 4. The summed E-state index contributed by atoms with van der Waals surface area (Å²) in [5, 5.41) is 5.04. The fourth-order valence-electron chi connectivity index (χ4n) is 5.66. The van der Waals surface area contributed by atoms with Crippen molar-refractivity contribution in [2.24, 2.45) is 5.92 Å². The van der Waals surface area contributed by atoms with Gasteiger partial charge in [0.25, 0.3) is 5.91 Å². The number of carbonyl (C=O) groups excluding carboxylic acids is 2. The molecule has 7 nitrogen and oxygen atoms in total. The number of carbonyl (C=O) groups is 2. The molecule has 0 radical (unpaired) electrons. The van der Waals surface area contributed by atoms with Gasteiger partial charge in [-0.2, -0.15) is 4.31 Å². The average Bonchev–Trinajstić information content (AvgIpc) is 3.71. The van der Waals surface area contributed by atoms with Crippen molar-refractivity contribution in [3.8, 4) is 0 Å². The summed E-state index contributed by atoms with van der Waals surface area (Å²) in [4.78, 5) is 28.6. The molecule has 3 aromatic rings. The van der Waals surface area contributed by atoms with Crippen LogP contribution in [0.5, 0.6) is 0 Å². The number of nitrogens with one attached hydrogen (secondary N) is 1. The first kappa shape index (κ1) is 27.3. The summed E-state index contributed by atoms with van der Waals surface area (Å²) in [5.41, 5.74) is 3.17. The third-order valence-electron chi connectivity index (χ3n) is 8.13. The van der Waals surface area contributed by atoms with Gasteiger partial charge in [0, 0.05) is 31.7 Å². The Balaban J connectivity index is 1.24. The van der Waals surface area contributed by atoms with Crippen LogP contribution in [0.25, 0.3) is 10.8 Å². The molecule has 1 heterocycles. The summed E-state index contributed by atoms with van der Waals surface area (Å²) in [7, 11) is -3.29. The molecule has 1 saturated carbocycles. The van der Waals surface area contributed by atoms with Crippen LogP contribution < -0.4 is 5.32 Å². The fraction of sp³-hybridized carbons (Fsp3) is 0.419. The van der Waals surface area contributed by atoms with Gasteiger partial charge in [-0.1, -0.05) is 66.6 Å². The molecular formula is C31H37N3O4S. The van der Waals surface area contributed by atoms with Crippen LogP contribution in [0.15, 0.2) is 66.7 Å². The van der Waals surface area contributed by atoms with Crippen molar-refractivity contribution in [1.29, 1.82) is 0 Å². The van der Waals surface area contributed by atoms with Crippen LogP contribution in [0.4, 0.5) is 0 Å². The van der Waals surface area contributed by atoms with Crippen LogP contribution in [0.2, 0.25) is 0 Å². The average molecular weight is 548 g/mol. The van der Waals surface area contributed by atoms with Crippen molar-refractivity contribution >= 4 is 32.6 Å². The first-order valence-electron chi connectivity index (χ1n) is 13.8. The molecule has 8 heteroatoms. The van der Waals surface area contributed by atoms with Crippen molar-refractivity contribution in [3.63, 3.8) is 0 Å². The highest BCUT2D eigenvalue weighted by Crippen LogP contribution is 2.50. The zero-order valence-corrected chi connectivity index (χ0v) is 23.5. The van der Waals surface area contributed by atoms with E-state index in [1.807, 2.05) is 36.4 Å².